The number of likely N-dealkylation sites (N-methyl/N-ethyl adjacent to an activating group) is 1. The van der Waals surface area contributed by atoms with E-state index >= 15 is 0 Å². The number of aromatic amines is 1. The van der Waals surface area contributed by atoms with Gasteiger partial charge in [0.05, 0.1) is 16.1 Å². The van der Waals surface area contributed by atoms with Crippen LogP contribution in [0.5, 0.6) is 5.75 Å². The number of H-pyrrole nitrogens is 1. The number of hydrogen-bond acceptors (Lipinski definition) is 4. The fraction of sp³-hybridized carbons (Fsp3) is 0.348. The third kappa shape index (κ3) is 6.21. The van der Waals surface area contributed by atoms with Crippen LogP contribution in [-0.2, 0) is 16.0 Å². The molecule has 0 aliphatic carbocycles. The number of imidazole rings is 1. The van der Waals surface area contributed by atoms with Crippen molar-refractivity contribution >= 4 is 40.1 Å². The van der Waals surface area contributed by atoms with Crippen LogP contribution in [0.3, 0.4) is 0 Å². The Labute approximate surface area is 186 Å². The molecule has 0 spiro atoms. The molecule has 3 rings (SSSR count). The molecule has 2 aromatic carbocycles. The number of rotatable bonds is 10. The van der Waals surface area contributed by atoms with Gasteiger partial charge in [-0.05, 0) is 50.6 Å². The number of ether oxygens (including phenoxy) is 1. The van der Waals surface area contributed by atoms with Crippen LogP contribution in [0.1, 0.15) is 32.5 Å². The molecule has 31 heavy (non-hydrogen) atoms. The van der Waals surface area contributed by atoms with Crippen LogP contribution in [-0.4, -0.2) is 46.4 Å². The third-order valence-corrected chi connectivity index (χ3v) is 5.23. The maximum absolute atomic E-state index is 12.3. The van der Waals surface area contributed by atoms with Gasteiger partial charge in [0.15, 0.2) is 6.61 Å². The first-order valence-corrected chi connectivity index (χ1v) is 10.8. The molecular weight excluding hydrogens is 416 g/mol. The SMILES string of the molecule is CCN(CC)C(=O)COc1ccc(NC(=O)CCCc2nc3ccccc3[nH]2)cc1Cl. The molecule has 0 aliphatic heterocycles. The van der Waals surface area contributed by atoms with Gasteiger partial charge in [-0.3, -0.25) is 9.59 Å². The number of para-hydroxylation sites is 2. The summed E-state index contributed by atoms with van der Waals surface area (Å²) in [5.41, 5.74) is 2.51. The largest absolute Gasteiger partial charge is 0.482 e. The average Bonchev–Trinajstić information content (AvgIpc) is 3.17. The highest BCUT2D eigenvalue weighted by molar-refractivity contribution is 6.32. The predicted octanol–water partition coefficient (Wildman–Crippen LogP) is 4.42. The molecule has 3 aromatic rings. The minimum Gasteiger partial charge on any atom is -0.482 e. The molecule has 8 heteroatoms. The molecule has 7 nitrogen and oxygen atoms in total. The lowest BCUT2D eigenvalue weighted by atomic mass is 10.2. The first-order valence-electron chi connectivity index (χ1n) is 10.4. The number of anilines is 1. The van der Waals surface area contributed by atoms with Crippen LogP contribution < -0.4 is 10.1 Å². The Bertz CT molecular complexity index is 1010. The Hall–Kier alpha value is -3.06. The summed E-state index contributed by atoms with van der Waals surface area (Å²) in [6.45, 7) is 5.03. The van der Waals surface area contributed by atoms with Crippen molar-refractivity contribution in [2.75, 3.05) is 25.0 Å². The molecule has 2 N–H and O–H groups in total. The monoisotopic (exact) mass is 442 g/mol. The van der Waals surface area contributed by atoms with E-state index in [2.05, 4.69) is 15.3 Å². The highest BCUT2D eigenvalue weighted by atomic mass is 35.5. The number of fused-ring (bicyclic) bond motifs is 1. The second kappa shape index (κ2) is 10.8. The first kappa shape index (κ1) is 22.6. The Morgan fingerprint density at radius 1 is 1.16 bits per heavy atom. The summed E-state index contributed by atoms with van der Waals surface area (Å²) in [6.07, 6.45) is 1.73. The summed E-state index contributed by atoms with van der Waals surface area (Å²) in [5, 5.41) is 3.18. The number of amides is 2. The van der Waals surface area contributed by atoms with Crippen LogP contribution >= 0.6 is 11.6 Å². The van der Waals surface area contributed by atoms with Gasteiger partial charge in [0.2, 0.25) is 5.91 Å². The van der Waals surface area contributed by atoms with Gasteiger partial charge < -0.3 is 19.9 Å². The summed E-state index contributed by atoms with van der Waals surface area (Å²) in [5.74, 6) is 1.09. The second-order valence-corrected chi connectivity index (χ2v) is 7.51. The van der Waals surface area contributed by atoms with Gasteiger partial charge in [-0.1, -0.05) is 23.7 Å². The third-order valence-electron chi connectivity index (χ3n) is 4.94. The molecule has 0 saturated carbocycles. The summed E-state index contributed by atoms with van der Waals surface area (Å²) >= 11 is 6.25. The molecular formula is C23H27ClN4O3. The first-order chi connectivity index (χ1) is 15.0. The molecule has 2 amide bonds. The highest BCUT2D eigenvalue weighted by Gasteiger charge is 2.12. The predicted molar refractivity (Wildman–Crippen MR) is 123 cm³/mol. The van der Waals surface area contributed by atoms with Crippen molar-refractivity contribution in [2.45, 2.75) is 33.1 Å². The maximum Gasteiger partial charge on any atom is 0.260 e. The van der Waals surface area contributed by atoms with Crippen LogP contribution in [0.15, 0.2) is 42.5 Å². The number of halogens is 1. The molecule has 0 aliphatic rings. The molecule has 0 fully saturated rings. The van der Waals surface area contributed by atoms with E-state index in [0.717, 1.165) is 16.9 Å². The summed E-state index contributed by atoms with van der Waals surface area (Å²) in [7, 11) is 0. The van der Waals surface area contributed by atoms with E-state index in [1.165, 1.54) is 0 Å². The summed E-state index contributed by atoms with van der Waals surface area (Å²) in [4.78, 5) is 33.8. The second-order valence-electron chi connectivity index (χ2n) is 7.10. The van der Waals surface area contributed by atoms with Gasteiger partial charge in [-0.15, -0.1) is 0 Å². The van der Waals surface area contributed by atoms with Gasteiger partial charge in [0, 0.05) is 31.6 Å². The zero-order valence-corrected chi connectivity index (χ0v) is 18.5. The van der Waals surface area contributed by atoms with Crippen molar-refractivity contribution in [3.63, 3.8) is 0 Å². The quantitative estimate of drug-likeness (QED) is 0.486. The van der Waals surface area contributed by atoms with Crippen molar-refractivity contribution in [3.05, 3.63) is 53.3 Å². The summed E-state index contributed by atoms with van der Waals surface area (Å²) in [6, 6.07) is 12.8. The molecule has 164 valence electrons. The van der Waals surface area contributed by atoms with Crippen molar-refractivity contribution in [1.82, 2.24) is 14.9 Å². The van der Waals surface area contributed by atoms with Gasteiger partial charge in [-0.2, -0.15) is 0 Å². The number of aryl methyl sites for hydroxylation is 1. The number of aromatic nitrogens is 2. The maximum atomic E-state index is 12.3. The number of carbonyl (C=O) groups is 2. The van der Waals surface area contributed by atoms with Crippen LogP contribution in [0.2, 0.25) is 5.02 Å². The van der Waals surface area contributed by atoms with Crippen LogP contribution in [0.4, 0.5) is 5.69 Å². The Morgan fingerprint density at radius 3 is 2.65 bits per heavy atom. The van der Waals surface area contributed by atoms with Crippen molar-refractivity contribution in [1.29, 1.82) is 0 Å². The normalized spacial score (nSPS) is 10.8. The highest BCUT2D eigenvalue weighted by Crippen LogP contribution is 2.28. The number of benzene rings is 2. The Kier molecular flexibility index (Phi) is 7.89. The smallest absolute Gasteiger partial charge is 0.260 e. The molecule has 0 atom stereocenters. The molecule has 0 radical (unpaired) electrons. The van der Waals surface area contributed by atoms with Gasteiger partial charge >= 0.3 is 0 Å². The van der Waals surface area contributed by atoms with E-state index in [1.807, 2.05) is 38.1 Å². The van der Waals surface area contributed by atoms with E-state index in [1.54, 1.807) is 23.1 Å². The number of hydrogen-bond donors (Lipinski definition) is 2. The fourth-order valence-electron chi connectivity index (χ4n) is 3.27. The van der Waals surface area contributed by atoms with E-state index in [9.17, 15) is 9.59 Å². The zero-order chi connectivity index (χ0) is 22.2. The van der Waals surface area contributed by atoms with Crippen molar-refractivity contribution in [2.24, 2.45) is 0 Å². The Morgan fingerprint density at radius 2 is 1.94 bits per heavy atom. The van der Waals surface area contributed by atoms with Crippen LogP contribution in [0, 0.1) is 0 Å². The van der Waals surface area contributed by atoms with E-state index in [-0.39, 0.29) is 18.4 Å². The average molecular weight is 443 g/mol. The lowest BCUT2D eigenvalue weighted by Crippen LogP contribution is -2.34. The molecule has 0 saturated heterocycles. The van der Waals surface area contributed by atoms with Crippen molar-refractivity contribution in [3.8, 4) is 5.75 Å². The fourth-order valence-corrected chi connectivity index (χ4v) is 3.50. The number of nitrogens with one attached hydrogen (secondary N) is 2. The van der Waals surface area contributed by atoms with Crippen molar-refractivity contribution < 1.29 is 14.3 Å². The molecule has 0 bridgehead atoms. The van der Waals surface area contributed by atoms with Crippen LogP contribution in [0.25, 0.3) is 11.0 Å². The van der Waals surface area contributed by atoms with E-state index in [4.69, 9.17) is 16.3 Å². The lowest BCUT2D eigenvalue weighted by molar-refractivity contribution is -0.133. The number of nitrogens with zero attached hydrogens (tertiary/aromatic N) is 2. The summed E-state index contributed by atoms with van der Waals surface area (Å²) < 4.78 is 5.54. The lowest BCUT2D eigenvalue weighted by Gasteiger charge is -2.19. The zero-order valence-electron chi connectivity index (χ0n) is 17.8. The Balaban J connectivity index is 1.46. The van der Waals surface area contributed by atoms with Gasteiger partial charge in [-0.25, -0.2) is 4.98 Å². The number of carbonyl (C=O) groups excluding carboxylic acids is 2. The molecule has 1 heterocycles. The molecule has 1 aromatic heterocycles. The van der Waals surface area contributed by atoms with Gasteiger partial charge in [0.25, 0.3) is 5.91 Å². The van der Waals surface area contributed by atoms with E-state index in [0.29, 0.717) is 48.8 Å². The minimum absolute atomic E-state index is 0.0745. The standard InChI is InChI=1S/C23H27ClN4O3/c1-3-28(4-2)23(30)15-31-20-13-12-16(14-17(20)24)25-22(29)11-7-10-21-26-18-8-5-6-9-19(18)27-21/h5-6,8-9,12-14H,3-4,7,10-11,15H2,1-2H3,(H,25,29)(H,26,27). The van der Waals surface area contributed by atoms with Gasteiger partial charge in [0.1, 0.15) is 11.6 Å². The minimum atomic E-state index is -0.0995. The topological polar surface area (TPSA) is 87.3 Å². The molecule has 0 unspecified atom stereocenters. The van der Waals surface area contributed by atoms with E-state index < -0.39 is 0 Å².